The summed E-state index contributed by atoms with van der Waals surface area (Å²) in [5, 5.41) is 2.26. The molecule has 1 heterocycles. The highest BCUT2D eigenvalue weighted by atomic mass is 32.2. The highest BCUT2D eigenvalue weighted by molar-refractivity contribution is 7.90. The van der Waals surface area contributed by atoms with Gasteiger partial charge in [0.05, 0.1) is 5.25 Å². The van der Waals surface area contributed by atoms with E-state index in [2.05, 4.69) is 16.1 Å². The summed E-state index contributed by atoms with van der Waals surface area (Å²) in [6.45, 7) is 0.893. The molecule has 3 amide bonds. The fourth-order valence-corrected chi connectivity index (χ4v) is 6.93. The molecule has 168 valence electrons. The van der Waals surface area contributed by atoms with Crippen LogP contribution < -0.4 is 10.0 Å². The fourth-order valence-electron chi connectivity index (χ4n) is 5.62. The molecule has 31 heavy (non-hydrogen) atoms. The molecule has 0 bridgehead atoms. The molecule has 3 aliphatic carbocycles. The Morgan fingerprint density at radius 3 is 2.03 bits per heavy atom. The lowest BCUT2D eigenvalue weighted by molar-refractivity contribution is -0.139. The highest BCUT2D eigenvalue weighted by Gasteiger charge is 2.36. The molecule has 1 saturated heterocycles. The first kappa shape index (κ1) is 20.8. The summed E-state index contributed by atoms with van der Waals surface area (Å²) in [4.78, 5) is 26.9. The molecule has 7 nitrogen and oxygen atoms in total. The Kier molecular flexibility index (Phi) is 5.44. The number of piperidine rings is 1. The van der Waals surface area contributed by atoms with E-state index in [-0.39, 0.29) is 11.8 Å². The van der Waals surface area contributed by atoms with Gasteiger partial charge in [0.25, 0.3) is 0 Å². The number of rotatable bonds is 4. The number of likely N-dealkylation sites (tertiary alicyclic amines) is 1. The minimum absolute atomic E-state index is 0.131. The Hall–Kier alpha value is -2.09. The molecule has 0 spiro atoms. The first-order valence-corrected chi connectivity index (χ1v) is 13.2. The Balaban J connectivity index is 1.23. The summed E-state index contributed by atoms with van der Waals surface area (Å²) >= 11 is 0. The molecule has 0 radical (unpaired) electrons. The number of nitrogens with one attached hydrogen (secondary N) is 2. The van der Waals surface area contributed by atoms with Crippen LogP contribution in [0.2, 0.25) is 0 Å². The van der Waals surface area contributed by atoms with Crippen molar-refractivity contribution in [3.05, 3.63) is 28.3 Å². The number of carbonyl (C=O) groups excluding carboxylic acids is 2. The fraction of sp³-hybridized carbons (Fsp3) is 0.652. The first-order chi connectivity index (χ1) is 14.9. The summed E-state index contributed by atoms with van der Waals surface area (Å²) in [6.07, 6.45) is 9.80. The zero-order chi connectivity index (χ0) is 21.6. The van der Waals surface area contributed by atoms with Crippen molar-refractivity contribution in [1.82, 2.24) is 9.62 Å². The maximum atomic E-state index is 12.9. The number of hydrogen-bond donors (Lipinski definition) is 2. The van der Waals surface area contributed by atoms with Gasteiger partial charge in [-0.2, -0.15) is 0 Å². The van der Waals surface area contributed by atoms with Crippen LogP contribution in [-0.4, -0.2) is 43.6 Å². The van der Waals surface area contributed by atoms with Crippen molar-refractivity contribution in [1.29, 1.82) is 0 Å². The summed E-state index contributed by atoms with van der Waals surface area (Å²) in [6, 6.07) is 1.62. The standard InChI is InChI=1S/C23H31N3O4S/c27-22(15-4-1-5-15)26-12-10-18(11-13-26)31(29,30)25-23(28)24-21-19-8-2-6-16(19)14-17-7-3-9-20(17)21/h14-15,18H,1-13H2,(H2,24,25,28). The molecule has 1 aromatic carbocycles. The third kappa shape index (κ3) is 3.95. The van der Waals surface area contributed by atoms with E-state index >= 15 is 0 Å². The largest absolute Gasteiger partial charge is 0.342 e. The van der Waals surface area contributed by atoms with E-state index in [1.165, 1.54) is 22.3 Å². The predicted octanol–water partition coefficient (Wildman–Crippen LogP) is 2.91. The van der Waals surface area contributed by atoms with Crippen LogP contribution in [0, 0.1) is 5.92 Å². The third-order valence-electron chi connectivity index (χ3n) is 7.59. The van der Waals surface area contributed by atoms with Gasteiger partial charge in [-0.3, -0.25) is 4.79 Å². The minimum Gasteiger partial charge on any atom is -0.342 e. The van der Waals surface area contributed by atoms with Crippen LogP contribution >= 0.6 is 0 Å². The van der Waals surface area contributed by atoms with Crippen LogP contribution in [0.15, 0.2) is 6.07 Å². The van der Waals surface area contributed by atoms with E-state index in [9.17, 15) is 18.0 Å². The number of anilines is 1. The van der Waals surface area contributed by atoms with Crippen molar-refractivity contribution in [2.24, 2.45) is 5.92 Å². The molecule has 2 fully saturated rings. The Morgan fingerprint density at radius 1 is 0.871 bits per heavy atom. The average Bonchev–Trinajstić information content (AvgIpc) is 3.35. The van der Waals surface area contributed by atoms with E-state index < -0.39 is 21.3 Å². The molecular weight excluding hydrogens is 414 g/mol. The smallest absolute Gasteiger partial charge is 0.332 e. The second-order valence-corrected chi connectivity index (χ2v) is 11.4. The normalized spacial score (nSPS) is 21.4. The van der Waals surface area contributed by atoms with Gasteiger partial charge in [-0.05, 0) is 86.5 Å². The van der Waals surface area contributed by atoms with Gasteiger partial charge in [0.2, 0.25) is 15.9 Å². The molecule has 0 atom stereocenters. The maximum absolute atomic E-state index is 12.9. The minimum atomic E-state index is -3.79. The van der Waals surface area contributed by atoms with Gasteiger partial charge in [0.15, 0.2) is 0 Å². The number of amides is 3. The first-order valence-electron chi connectivity index (χ1n) is 11.7. The van der Waals surface area contributed by atoms with Gasteiger partial charge in [-0.15, -0.1) is 0 Å². The van der Waals surface area contributed by atoms with Crippen molar-refractivity contribution in [3.63, 3.8) is 0 Å². The molecule has 1 aliphatic heterocycles. The van der Waals surface area contributed by atoms with Crippen LogP contribution in [0.3, 0.4) is 0 Å². The molecule has 1 aromatic rings. The molecule has 0 aromatic heterocycles. The Labute approximate surface area is 184 Å². The van der Waals surface area contributed by atoms with Crippen LogP contribution in [0.4, 0.5) is 10.5 Å². The number of hydrogen-bond acceptors (Lipinski definition) is 4. The van der Waals surface area contributed by atoms with Crippen molar-refractivity contribution in [2.75, 3.05) is 18.4 Å². The number of fused-ring (bicyclic) bond motifs is 2. The van der Waals surface area contributed by atoms with Crippen LogP contribution in [0.1, 0.15) is 67.2 Å². The Morgan fingerprint density at radius 2 is 1.48 bits per heavy atom. The van der Waals surface area contributed by atoms with Crippen LogP contribution in [0.25, 0.3) is 0 Å². The zero-order valence-corrected chi connectivity index (χ0v) is 18.7. The van der Waals surface area contributed by atoms with E-state index in [1.54, 1.807) is 4.90 Å². The molecule has 2 N–H and O–H groups in total. The molecule has 0 unspecified atom stereocenters. The summed E-state index contributed by atoms with van der Waals surface area (Å²) < 4.78 is 28.0. The van der Waals surface area contributed by atoms with E-state index in [0.29, 0.717) is 25.9 Å². The predicted molar refractivity (Wildman–Crippen MR) is 119 cm³/mol. The number of sulfonamides is 1. The van der Waals surface area contributed by atoms with E-state index in [0.717, 1.165) is 63.5 Å². The monoisotopic (exact) mass is 445 g/mol. The average molecular weight is 446 g/mol. The van der Waals surface area contributed by atoms with Gasteiger partial charge in [-0.1, -0.05) is 12.5 Å². The van der Waals surface area contributed by atoms with E-state index in [4.69, 9.17) is 0 Å². The second kappa shape index (κ2) is 8.11. The number of nitrogens with zero attached hydrogens (tertiary/aromatic N) is 1. The number of aryl methyl sites for hydroxylation is 2. The molecular formula is C23H31N3O4S. The summed E-state index contributed by atoms with van der Waals surface area (Å²) in [7, 11) is -3.79. The van der Waals surface area contributed by atoms with Crippen molar-refractivity contribution in [2.45, 2.75) is 75.9 Å². The highest BCUT2D eigenvalue weighted by Crippen LogP contribution is 2.38. The Bertz CT molecular complexity index is 976. The van der Waals surface area contributed by atoms with Gasteiger partial charge in [-0.25, -0.2) is 17.9 Å². The van der Waals surface area contributed by atoms with Crippen molar-refractivity contribution in [3.8, 4) is 0 Å². The maximum Gasteiger partial charge on any atom is 0.332 e. The lowest BCUT2D eigenvalue weighted by atomic mass is 9.84. The topological polar surface area (TPSA) is 95.6 Å². The van der Waals surface area contributed by atoms with E-state index in [1.807, 2.05) is 0 Å². The molecule has 8 heteroatoms. The lowest BCUT2D eigenvalue weighted by Gasteiger charge is -2.36. The molecule has 1 saturated carbocycles. The number of benzene rings is 1. The van der Waals surface area contributed by atoms with Crippen LogP contribution in [-0.2, 0) is 40.5 Å². The van der Waals surface area contributed by atoms with Gasteiger partial charge in [0, 0.05) is 24.7 Å². The zero-order valence-electron chi connectivity index (χ0n) is 17.9. The van der Waals surface area contributed by atoms with Gasteiger partial charge < -0.3 is 10.2 Å². The lowest BCUT2D eigenvalue weighted by Crippen LogP contribution is -2.49. The van der Waals surface area contributed by atoms with Gasteiger partial charge in [0.1, 0.15) is 0 Å². The third-order valence-corrected chi connectivity index (χ3v) is 9.41. The number of carbonyl (C=O) groups is 2. The quantitative estimate of drug-likeness (QED) is 0.745. The SMILES string of the molecule is O=C(Nc1c2c(cc3c1CCC3)CCC2)NS(=O)(=O)C1CCN(C(=O)C2CCC2)CC1. The number of urea groups is 1. The van der Waals surface area contributed by atoms with Crippen molar-refractivity contribution < 1.29 is 18.0 Å². The molecule has 5 rings (SSSR count). The van der Waals surface area contributed by atoms with Crippen LogP contribution in [0.5, 0.6) is 0 Å². The summed E-state index contributed by atoms with van der Waals surface area (Å²) in [5.41, 5.74) is 5.78. The van der Waals surface area contributed by atoms with Crippen molar-refractivity contribution >= 4 is 27.6 Å². The second-order valence-electron chi connectivity index (χ2n) is 9.49. The summed E-state index contributed by atoms with van der Waals surface area (Å²) in [5.74, 6) is 0.297. The van der Waals surface area contributed by atoms with Gasteiger partial charge >= 0.3 is 6.03 Å². The molecule has 4 aliphatic rings.